The van der Waals surface area contributed by atoms with Crippen LogP contribution in [0.3, 0.4) is 0 Å². The van der Waals surface area contributed by atoms with Gasteiger partial charge in [0.25, 0.3) is 0 Å². The van der Waals surface area contributed by atoms with E-state index in [1.807, 2.05) is 36.4 Å². The molecule has 0 aliphatic rings. The predicted octanol–water partition coefficient (Wildman–Crippen LogP) is 4.07. The second-order valence-electron chi connectivity index (χ2n) is 5.97. The Bertz CT molecular complexity index is 718. The van der Waals surface area contributed by atoms with E-state index in [1.54, 1.807) is 13.0 Å². The van der Waals surface area contributed by atoms with Gasteiger partial charge in [0.15, 0.2) is 0 Å². The van der Waals surface area contributed by atoms with E-state index in [2.05, 4.69) is 31.1 Å². The summed E-state index contributed by atoms with van der Waals surface area (Å²) in [5.41, 5.74) is 2.27. The van der Waals surface area contributed by atoms with Crippen molar-refractivity contribution in [2.24, 2.45) is 0 Å². The molecule has 0 unspecified atom stereocenters. The van der Waals surface area contributed by atoms with E-state index in [1.165, 1.54) is 5.56 Å². The molecule has 126 valence electrons. The molecule has 2 aromatic rings. The number of carboxylic acid groups (broad SMARTS) is 1. The highest BCUT2D eigenvalue weighted by molar-refractivity contribution is 5.91. The number of carboxylic acids is 1. The largest absolute Gasteiger partial charge is 0.478 e. The van der Waals surface area contributed by atoms with Gasteiger partial charge >= 0.3 is 5.97 Å². The van der Waals surface area contributed by atoms with E-state index in [0.717, 1.165) is 24.3 Å². The number of nitrogens with zero attached hydrogens (tertiary/aromatic N) is 1. The number of hydrogen-bond acceptors (Lipinski definition) is 3. The fourth-order valence-electron chi connectivity index (χ4n) is 2.19. The van der Waals surface area contributed by atoms with Crippen LogP contribution in [-0.4, -0.2) is 36.6 Å². The molecule has 0 bridgehead atoms. The molecule has 0 aliphatic heterocycles. The molecule has 4 nitrogen and oxygen atoms in total. The van der Waals surface area contributed by atoms with Crippen molar-refractivity contribution in [2.75, 3.05) is 20.6 Å². The highest BCUT2D eigenvalue weighted by atomic mass is 16.5. The smallest absolute Gasteiger partial charge is 0.331 e. The first kappa shape index (κ1) is 17.8. The second kappa shape index (κ2) is 8.31. The van der Waals surface area contributed by atoms with Crippen LogP contribution < -0.4 is 4.74 Å². The second-order valence-corrected chi connectivity index (χ2v) is 5.97. The molecule has 24 heavy (non-hydrogen) atoms. The van der Waals surface area contributed by atoms with Crippen LogP contribution in [0.1, 0.15) is 18.1 Å². The molecule has 2 aromatic carbocycles. The van der Waals surface area contributed by atoms with Gasteiger partial charge in [-0.3, -0.25) is 0 Å². The molecule has 0 heterocycles. The maximum atomic E-state index is 11.0. The molecule has 0 saturated carbocycles. The van der Waals surface area contributed by atoms with Crippen LogP contribution in [0.15, 0.2) is 54.1 Å². The zero-order valence-electron chi connectivity index (χ0n) is 14.3. The van der Waals surface area contributed by atoms with Gasteiger partial charge in [-0.15, -0.1) is 0 Å². The van der Waals surface area contributed by atoms with Crippen molar-refractivity contribution in [1.29, 1.82) is 0 Å². The van der Waals surface area contributed by atoms with Gasteiger partial charge in [0.05, 0.1) is 0 Å². The third-order valence-electron chi connectivity index (χ3n) is 3.63. The maximum Gasteiger partial charge on any atom is 0.331 e. The lowest BCUT2D eigenvalue weighted by atomic mass is 10.1. The minimum absolute atomic E-state index is 0.269. The monoisotopic (exact) mass is 325 g/mol. The molecule has 0 radical (unpaired) electrons. The number of rotatable bonds is 7. The van der Waals surface area contributed by atoms with Gasteiger partial charge in [-0.2, -0.15) is 0 Å². The summed E-state index contributed by atoms with van der Waals surface area (Å²) in [4.78, 5) is 13.2. The minimum Gasteiger partial charge on any atom is -0.478 e. The number of carbonyl (C=O) groups is 1. The summed E-state index contributed by atoms with van der Waals surface area (Å²) in [5, 5.41) is 9.03. The number of hydrogen-bond donors (Lipinski definition) is 1. The first-order valence-electron chi connectivity index (χ1n) is 7.88. The summed E-state index contributed by atoms with van der Waals surface area (Å²) in [7, 11) is 4.11. The van der Waals surface area contributed by atoms with Gasteiger partial charge in [-0.05, 0) is 57.3 Å². The number of para-hydroxylation sites is 1. The van der Waals surface area contributed by atoms with Crippen molar-refractivity contribution in [3.8, 4) is 11.5 Å². The van der Waals surface area contributed by atoms with Crippen molar-refractivity contribution in [1.82, 2.24) is 4.90 Å². The molecule has 0 aliphatic carbocycles. The molecule has 1 N–H and O–H groups in total. The quantitative estimate of drug-likeness (QED) is 0.780. The standard InChI is InChI=1S/C20H23NO3/c1-15(20(22)23)14-17-6-4-5-7-19(17)24-18-10-8-16(9-11-18)12-13-21(2)3/h4-11,14H,12-13H2,1-3H3,(H,22,23)/b15-14+. The molecular weight excluding hydrogens is 302 g/mol. The summed E-state index contributed by atoms with van der Waals surface area (Å²) in [6, 6.07) is 15.4. The maximum absolute atomic E-state index is 11.0. The van der Waals surface area contributed by atoms with E-state index >= 15 is 0 Å². The Hall–Kier alpha value is -2.59. The molecular formula is C20H23NO3. The van der Waals surface area contributed by atoms with E-state index in [9.17, 15) is 4.79 Å². The van der Waals surface area contributed by atoms with Gasteiger partial charge in [-0.1, -0.05) is 30.3 Å². The molecule has 0 saturated heterocycles. The van der Waals surface area contributed by atoms with Crippen molar-refractivity contribution in [3.05, 3.63) is 65.2 Å². The fourth-order valence-corrected chi connectivity index (χ4v) is 2.19. The summed E-state index contributed by atoms with van der Waals surface area (Å²) in [6.45, 7) is 2.57. The lowest BCUT2D eigenvalue weighted by Crippen LogP contribution is -2.14. The van der Waals surface area contributed by atoms with Crippen LogP contribution in [0.2, 0.25) is 0 Å². The summed E-state index contributed by atoms with van der Waals surface area (Å²) in [5.74, 6) is 0.437. The van der Waals surface area contributed by atoms with E-state index < -0.39 is 5.97 Å². The average Bonchev–Trinajstić information content (AvgIpc) is 2.55. The molecule has 4 heteroatoms. The van der Waals surface area contributed by atoms with E-state index in [4.69, 9.17) is 9.84 Å². The van der Waals surface area contributed by atoms with Gasteiger partial charge < -0.3 is 14.7 Å². The van der Waals surface area contributed by atoms with Crippen LogP contribution in [0.4, 0.5) is 0 Å². The molecule has 0 fully saturated rings. The lowest BCUT2D eigenvalue weighted by molar-refractivity contribution is -0.132. The van der Waals surface area contributed by atoms with Gasteiger partial charge in [0.1, 0.15) is 11.5 Å². The number of likely N-dealkylation sites (N-methyl/N-ethyl adjacent to an activating group) is 1. The third kappa shape index (κ3) is 5.25. The number of aliphatic carboxylic acids is 1. The van der Waals surface area contributed by atoms with Gasteiger partial charge in [0, 0.05) is 17.7 Å². The Morgan fingerprint density at radius 3 is 2.42 bits per heavy atom. The Morgan fingerprint density at radius 1 is 1.12 bits per heavy atom. The summed E-state index contributed by atoms with van der Waals surface area (Å²) in [6.07, 6.45) is 2.60. The van der Waals surface area contributed by atoms with Gasteiger partial charge in [-0.25, -0.2) is 4.79 Å². The SMILES string of the molecule is C/C(=C\c1ccccc1Oc1ccc(CCN(C)C)cc1)C(=O)O. The molecule has 0 spiro atoms. The average molecular weight is 325 g/mol. The zero-order valence-corrected chi connectivity index (χ0v) is 14.3. The minimum atomic E-state index is -0.935. The molecule has 0 amide bonds. The Morgan fingerprint density at radius 2 is 1.79 bits per heavy atom. The van der Waals surface area contributed by atoms with Crippen LogP contribution in [0, 0.1) is 0 Å². The molecule has 0 atom stereocenters. The summed E-state index contributed by atoms with van der Waals surface area (Å²) < 4.78 is 5.92. The van der Waals surface area contributed by atoms with Crippen molar-refractivity contribution < 1.29 is 14.6 Å². The highest BCUT2D eigenvalue weighted by Gasteiger charge is 2.06. The molecule has 2 rings (SSSR count). The Kier molecular flexibility index (Phi) is 6.15. The predicted molar refractivity (Wildman–Crippen MR) is 96.5 cm³/mol. The number of ether oxygens (including phenoxy) is 1. The van der Waals surface area contributed by atoms with Crippen LogP contribution in [0.25, 0.3) is 6.08 Å². The zero-order chi connectivity index (χ0) is 17.5. The normalized spacial score (nSPS) is 11.6. The number of benzene rings is 2. The Labute approximate surface area is 143 Å². The molecule has 0 aromatic heterocycles. The van der Waals surface area contributed by atoms with Crippen LogP contribution >= 0.6 is 0 Å². The first-order chi connectivity index (χ1) is 11.5. The first-order valence-corrected chi connectivity index (χ1v) is 7.88. The van der Waals surface area contributed by atoms with Crippen molar-refractivity contribution in [3.63, 3.8) is 0 Å². The van der Waals surface area contributed by atoms with Crippen molar-refractivity contribution in [2.45, 2.75) is 13.3 Å². The topological polar surface area (TPSA) is 49.8 Å². The highest BCUT2D eigenvalue weighted by Crippen LogP contribution is 2.27. The van der Waals surface area contributed by atoms with Crippen molar-refractivity contribution >= 4 is 12.0 Å². The lowest BCUT2D eigenvalue weighted by Gasteiger charge is -2.11. The van der Waals surface area contributed by atoms with Crippen LogP contribution in [-0.2, 0) is 11.2 Å². The van der Waals surface area contributed by atoms with E-state index in [-0.39, 0.29) is 5.57 Å². The van der Waals surface area contributed by atoms with E-state index in [0.29, 0.717) is 5.75 Å². The third-order valence-corrected chi connectivity index (χ3v) is 3.63. The fraction of sp³-hybridized carbons (Fsp3) is 0.250. The summed E-state index contributed by atoms with van der Waals surface area (Å²) >= 11 is 0. The van der Waals surface area contributed by atoms with Crippen LogP contribution in [0.5, 0.6) is 11.5 Å². The van der Waals surface area contributed by atoms with Gasteiger partial charge in [0.2, 0.25) is 0 Å². The Balaban J connectivity index is 2.14.